The molecule has 0 spiro atoms. The number of ether oxygens (including phenoxy) is 3. The minimum Gasteiger partial charge on any atom is -0.491 e. The lowest BCUT2D eigenvalue weighted by atomic mass is 10.0. The minimum absolute atomic E-state index is 0.0238. The van der Waals surface area contributed by atoms with E-state index in [0.717, 1.165) is 17.2 Å². The zero-order valence-electron chi connectivity index (χ0n) is 15.4. The van der Waals surface area contributed by atoms with Crippen LogP contribution in [0.25, 0.3) is 0 Å². The first-order valence-corrected chi connectivity index (χ1v) is 9.23. The van der Waals surface area contributed by atoms with E-state index in [1.807, 2.05) is 53.4 Å². The predicted octanol–water partition coefficient (Wildman–Crippen LogP) is 2.80. The molecule has 2 aromatic carbocycles. The first-order valence-electron chi connectivity index (χ1n) is 9.23. The van der Waals surface area contributed by atoms with E-state index in [9.17, 15) is 4.79 Å². The largest absolute Gasteiger partial charge is 0.491 e. The molecule has 0 radical (unpaired) electrons. The topological polar surface area (TPSA) is 60.0 Å². The Morgan fingerprint density at radius 2 is 1.96 bits per heavy atom. The summed E-state index contributed by atoms with van der Waals surface area (Å²) in [4.78, 5) is 14.6. The van der Waals surface area contributed by atoms with Gasteiger partial charge >= 0.3 is 0 Å². The van der Waals surface area contributed by atoms with Crippen molar-refractivity contribution < 1.29 is 19.0 Å². The summed E-state index contributed by atoms with van der Waals surface area (Å²) in [6, 6.07) is 15.3. The summed E-state index contributed by atoms with van der Waals surface area (Å²) in [6.45, 7) is 5.43. The fourth-order valence-corrected chi connectivity index (χ4v) is 3.27. The van der Waals surface area contributed by atoms with E-state index >= 15 is 0 Å². The third-order valence-electron chi connectivity index (χ3n) is 4.81. The molecule has 1 amide bonds. The van der Waals surface area contributed by atoms with Crippen molar-refractivity contribution in [1.29, 1.82) is 0 Å². The number of carbonyl (C=O) groups is 1. The molecule has 2 aromatic rings. The molecule has 142 valence electrons. The normalized spacial score (nSPS) is 21.6. The lowest BCUT2D eigenvalue weighted by molar-refractivity contribution is 0.0303. The van der Waals surface area contributed by atoms with Crippen LogP contribution in [-0.2, 0) is 4.74 Å². The van der Waals surface area contributed by atoms with Crippen molar-refractivity contribution in [2.24, 2.45) is 0 Å². The van der Waals surface area contributed by atoms with Crippen molar-refractivity contribution in [1.82, 2.24) is 4.90 Å². The van der Waals surface area contributed by atoms with Gasteiger partial charge in [0, 0.05) is 18.7 Å². The van der Waals surface area contributed by atoms with E-state index < -0.39 is 0 Å². The first kappa shape index (κ1) is 17.7. The standard InChI is InChI=1S/C21H24N2O4/c1-21(14-26-17-5-3-2-4-6-17)15-27-19-8-7-16(13-18(19)22-21)20(24)23-9-11-25-12-10-23/h2-8,13,22H,9-12,14-15H2,1H3. The van der Waals surface area contributed by atoms with Crippen LogP contribution >= 0.6 is 0 Å². The van der Waals surface area contributed by atoms with Crippen LogP contribution in [0.4, 0.5) is 5.69 Å². The Hall–Kier alpha value is -2.73. The van der Waals surface area contributed by atoms with E-state index in [1.54, 1.807) is 0 Å². The lowest BCUT2D eigenvalue weighted by Crippen LogP contribution is -2.49. The molecule has 2 aliphatic heterocycles. The number of para-hydroxylation sites is 1. The third kappa shape index (κ3) is 4.01. The van der Waals surface area contributed by atoms with Gasteiger partial charge in [0.15, 0.2) is 0 Å². The zero-order valence-corrected chi connectivity index (χ0v) is 15.4. The van der Waals surface area contributed by atoms with Gasteiger partial charge in [0.25, 0.3) is 5.91 Å². The van der Waals surface area contributed by atoms with Gasteiger partial charge in [-0.1, -0.05) is 18.2 Å². The molecular formula is C21H24N2O4. The van der Waals surface area contributed by atoms with Crippen molar-refractivity contribution in [3.63, 3.8) is 0 Å². The van der Waals surface area contributed by atoms with Crippen molar-refractivity contribution in [3.8, 4) is 11.5 Å². The summed E-state index contributed by atoms with van der Waals surface area (Å²) in [5.74, 6) is 1.60. The van der Waals surface area contributed by atoms with Gasteiger partial charge in [-0.15, -0.1) is 0 Å². The predicted molar refractivity (Wildman–Crippen MR) is 103 cm³/mol. The first-order chi connectivity index (χ1) is 13.1. The molecule has 1 fully saturated rings. The quantitative estimate of drug-likeness (QED) is 0.899. The highest BCUT2D eigenvalue weighted by molar-refractivity contribution is 5.95. The maximum absolute atomic E-state index is 12.7. The maximum atomic E-state index is 12.7. The Morgan fingerprint density at radius 3 is 2.74 bits per heavy atom. The Morgan fingerprint density at radius 1 is 1.19 bits per heavy atom. The lowest BCUT2D eigenvalue weighted by Gasteiger charge is -2.36. The molecule has 6 nitrogen and oxygen atoms in total. The number of hydrogen-bond donors (Lipinski definition) is 1. The number of benzene rings is 2. The molecule has 0 bridgehead atoms. The van der Waals surface area contributed by atoms with Gasteiger partial charge in [0.05, 0.1) is 18.9 Å². The molecule has 27 heavy (non-hydrogen) atoms. The third-order valence-corrected chi connectivity index (χ3v) is 4.81. The van der Waals surface area contributed by atoms with Gasteiger partial charge in [-0.2, -0.15) is 0 Å². The summed E-state index contributed by atoms with van der Waals surface area (Å²) >= 11 is 0. The van der Waals surface area contributed by atoms with E-state index in [1.165, 1.54) is 0 Å². The van der Waals surface area contributed by atoms with E-state index in [2.05, 4.69) is 12.2 Å². The van der Waals surface area contributed by atoms with Crippen LogP contribution in [0.15, 0.2) is 48.5 Å². The van der Waals surface area contributed by atoms with Gasteiger partial charge < -0.3 is 24.4 Å². The van der Waals surface area contributed by atoms with Crippen LogP contribution < -0.4 is 14.8 Å². The monoisotopic (exact) mass is 368 g/mol. The summed E-state index contributed by atoms with van der Waals surface area (Å²) < 4.78 is 17.2. The van der Waals surface area contributed by atoms with Gasteiger partial charge in [-0.3, -0.25) is 4.79 Å². The fourth-order valence-electron chi connectivity index (χ4n) is 3.27. The van der Waals surface area contributed by atoms with Crippen LogP contribution in [0.3, 0.4) is 0 Å². The number of fused-ring (bicyclic) bond motifs is 1. The van der Waals surface area contributed by atoms with Crippen molar-refractivity contribution in [2.45, 2.75) is 12.5 Å². The molecule has 0 aromatic heterocycles. The molecule has 0 saturated carbocycles. The number of carbonyl (C=O) groups excluding carboxylic acids is 1. The van der Waals surface area contributed by atoms with Crippen molar-refractivity contribution >= 4 is 11.6 Å². The Labute approximate surface area is 159 Å². The van der Waals surface area contributed by atoms with Gasteiger partial charge in [0.2, 0.25) is 0 Å². The minimum atomic E-state index is -0.385. The van der Waals surface area contributed by atoms with Crippen LogP contribution in [0.1, 0.15) is 17.3 Å². The molecule has 2 heterocycles. The van der Waals surface area contributed by atoms with Crippen LogP contribution in [-0.4, -0.2) is 55.9 Å². The van der Waals surface area contributed by atoms with E-state index in [0.29, 0.717) is 45.1 Å². The number of nitrogens with zero attached hydrogens (tertiary/aromatic N) is 1. The zero-order chi connectivity index (χ0) is 18.7. The van der Waals surface area contributed by atoms with E-state index in [-0.39, 0.29) is 11.4 Å². The fraction of sp³-hybridized carbons (Fsp3) is 0.381. The summed E-state index contributed by atoms with van der Waals surface area (Å²) in [5.41, 5.74) is 1.09. The van der Waals surface area contributed by atoms with Crippen LogP contribution in [0.2, 0.25) is 0 Å². The second kappa shape index (κ2) is 7.48. The SMILES string of the molecule is CC1(COc2ccccc2)COc2ccc(C(=O)N3CCOCC3)cc2N1. The molecule has 1 atom stereocenters. The molecular weight excluding hydrogens is 344 g/mol. The smallest absolute Gasteiger partial charge is 0.254 e. The Bertz CT molecular complexity index is 805. The number of nitrogens with one attached hydrogen (secondary N) is 1. The highest BCUT2D eigenvalue weighted by Gasteiger charge is 2.32. The van der Waals surface area contributed by atoms with Crippen LogP contribution in [0, 0.1) is 0 Å². The average Bonchev–Trinajstić information content (AvgIpc) is 2.73. The number of morpholine rings is 1. The molecule has 1 saturated heterocycles. The number of anilines is 1. The Balaban J connectivity index is 1.46. The maximum Gasteiger partial charge on any atom is 0.254 e. The summed E-state index contributed by atoms with van der Waals surface area (Å²) in [5, 5.41) is 3.50. The number of rotatable bonds is 4. The van der Waals surface area contributed by atoms with Crippen molar-refractivity contribution in [3.05, 3.63) is 54.1 Å². The van der Waals surface area contributed by atoms with Gasteiger partial charge in [0.1, 0.15) is 30.3 Å². The van der Waals surface area contributed by atoms with Crippen molar-refractivity contribution in [2.75, 3.05) is 44.8 Å². The molecule has 6 heteroatoms. The number of hydrogen-bond acceptors (Lipinski definition) is 5. The average molecular weight is 368 g/mol. The van der Waals surface area contributed by atoms with Gasteiger partial charge in [-0.05, 0) is 37.3 Å². The second-order valence-electron chi connectivity index (χ2n) is 7.19. The van der Waals surface area contributed by atoms with Gasteiger partial charge in [-0.25, -0.2) is 0 Å². The second-order valence-corrected chi connectivity index (χ2v) is 7.19. The summed E-state index contributed by atoms with van der Waals surface area (Å²) in [7, 11) is 0. The van der Waals surface area contributed by atoms with E-state index in [4.69, 9.17) is 14.2 Å². The number of amides is 1. The molecule has 4 rings (SSSR count). The Kier molecular flexibility index (Phi) is 4.90. The molecule has 0 aliphatic carbocycles. The molecule has 1 N–H and O–H groups in total. The summed E-state index contributed by atoms with van der Waals surface area (Å²) in [6.07, 6.45) is 0. The van der Waals surface area contributed by atoms with Crippen LogP contribution in [0.5, 0.6) is 11.5 Å². The highest BCUT2D eigenvalue weighted by Crippen LogP contribution is 2.34. The highest BCUT2D eigenvalue weighted by atomic mass is 16.5. The molecule has 2 aliphatic rings. The molecule has 1 unspecified atom stereocenters.